The molecule has 1 saturated heterocycles. The van der Waals surface area contributed by atoms with Gasteiger partial charge in [0, 0.05) is 11.9 Å². The van der Waals surface area contributed by atoms with Gasteiger partial charge in [0.15, 0.2) is 0 Å². The number of nitrogens with one attached hydrogen (secondary N) is 1. The summed E-state index contributed by atoms with van der Waals surface area (Å²) in [5.41, 5.74) is 1.13. The summed E-state index contributed by atoms with van der Waals surface area (Å²) in [6.07, 6.45) is 4.80. The van der Waals surface area contributed by atoms with Crippen LogP contribution in [-0.2, 0) is 16.0 Å². The number of para-hydroxylation sites is 1. The highest BCUT2D eigenvalue weighted by molar-refractivity contribution is 6.43. The van der Waals surface area contributed by atoms with E-state index < -0.39 is 19.2 Å². The Morgan fingerprint density at radius 1 is 1.34 bits per heavy atom. The Hall–Kier alpha value is -3.29. The first-order valence-corrected chi connectivity index (χ1v) is 11.8. The van der Waals surface area contributed by atoms with Crippen LogP contribution >= 0.6 is 0 Å². The summed E-state index contributed by atoms with van der Waals surface area (Å²) in [7, 11) is -1.82. The van der Waals surface area contributed by atoms with Crippen molar-refractivity contribution in [1.29, 1.82) is 5.26 Å². The van der Waals surface area contributed by atoms with Crippen molar-refractivity contribution >= 4 is 30.1 Å². The minimum Gasteiger partial charge on any atom is -0.464 e. The largest absolute Gasteiger partial charge is 0.475 e. The van der Waals surface area contributed by atoms with Crippen LogP contribution in [0.1, 0.15) is 45.6 Å². The molecular formula is C25H32BN3O6. The van der Waals surface area contributed by atoms with Crippen LogP contribution in [0.25, 0.3) is 11.0 Å². The molecule has 0 spiro atoms. The number of benzene rings is 1. The monoisotopic (exact) mass is 481 g/mol. The molecule has 1 aliphatic heterocycles. The number of rotatable bonds is 7. The molecule has 0 aliphatic carbocycles. The van der Waals surface area contributed by atoms with E-state index in [1.165, 1.54) is 6.26 Å². The number of alkyl carbamates (subject to hydrolysis) is 1. The van der Waals surface area contributed by atoms with Gasteiger partial charge in [0.1, 0.15) is 23.8 Å². The number of nitriles is 1. The number of carbonyl (C=O) groups is 2. The molecule has 3 N–H and O–H groups in total. The zero-order valence-electron chi connectivity index (χ0n) is 20.4. The first-order chi connectivity index (χ1) is 16.6. The minimum absolute atomic E-state index is 0.0608. The number of hydrogen-bond donors (Lipinski definition) is 3. The van der Waals surface area contributed by atoms with Crippen LogP contribution in [0.5, 0.6) is 0 Å². The molecule has 2 aromatic rings. The fourth-order valence-electron chi connectivity index (χ4n) is 4.19. The molecule has 3 rings (SSSR count). The maximum absolute atomic E-state index is 13.0. The second kappa shape index (κ2) is 11.4. The summed E-state index contributed by atoms with van der Waals surface area (Å²) in [6.45, 7) is 6.16. The smallest absolute Gasteiger partial charge is 0.464 e. The normalized spacial score (nSPS) is 17.5. The molecule has 0 radical (unpaired) electrons. The van der Waals surface area contributed by atoms with Gasteiger partial charge >= 0.3 is 13.2 Å². The number of carbonyl (C=O) groups excluding carboxylic acids is 2. The van der Waals surface area contributed by atoms with E-state index >= 15 is 0 Å². The molecule has 0 saturated carbocycles. The van der Waals surface area contributed by atoms with Gasteiger partial charge in [-0.3, -0.25) is 4.79 Å². The lowest BCUT2D eigenvalue weighted by Gasteiger charge is -2.35. The van der Waals surface area contributed by atoms with Gasteiger partial charge in [-0.15, -0.1) is 0 Å². The number of fused-ring (bicyclic) bond motifs is 1. The zero-order chi connectivity index (χ0) is 25.6. The van der Waals surface area contributed by atoms with Crippen LogP contribution in [-0.4, -0.2) is 59.2 Å². The summed E-state index contributed by atoms with van der Waals surface area (Å²) in [6, 6.07) is 8.97. The molecule has 2 amide bonds. The highest BCUT2D eigenvalue weighted by Crippen LogP contribution is 2.24. The maximum atomic E-state index is 13.0. The maximum Gasteiger partial charge on any atom is 0.475 e. The number of allylic oxidation sites excluding steroid dienone is 1. The number of ether oxygens (including phenoxy) is 1. The highest BCUT2D eigenvalue weighted by Gasteiger charge is 2.32. The Balaban J connectivity index is 1.62. The van der Waals surface area contributed by atoms with Crippen molar-refractivity contribution in [3.05, 3.63) is 47.7 Å². The minimum atomic E-state index is -1.82. The van der Waals surface area contributed by atoms with Gasteiger partial charge in [0.05, 0.1) is 18.2 Å². The number of furan rings is 1. The molecule has 1 aliphatic rings. The number of likely N-dealkylation sites (tertiary alicyclic amines) is 1. The van der Waals surface area contributed by atoms with Gasteiger partial charge in [-0.25, -0.2) is 4.79 Å². The summed E-state index contributed by atoms with van der Waals surface area (Å²) in [4.78, 5) is 27.1. The summed E-state index contributed by atoms with van der Waals surface area (Å²) < 4.78 is 10.9. The first-order valence-electron chi connectivity index (χ1n) is 11.8. The molecular weight excluding hydrogens is 449 g/mol. The molecule has 2 atom stereocenters. The Labute approximate surface area is 205 Å². The average molecular weight is 481 g/mol. The lowest BCUT2D eigenvalue weighted by molar-refractivity contribution is -0.131. The predicted octanol–water partition coefficient (Wildman–Crippen LogP) is 2.96. The Kier molecular flexibility index (Phi) is 8.59. The Bertz CT molecular complexity index is 1110. The van der Waals surface area contributed by atoms with Crippen LogP contribution in [0.15, 0.2) is 46.6 Å². The van der Waals surface area contributed by atoms with Crippen molar-refractivity contribution < 1.29 is 28.8 Å². The van der Waals surface area contributed by atoms with Crippen LogP contribution in [0.3, 0.4) is 0 Å². The number of piperidine rings is 1. The average Bonchev–Trinajstić information content (AvgIpc) is 3.22. The van der Waals surface area contributed by atoms with E-state index in [2.05, 4.69) is 5.32 Å². The molecule has 1 aromatic carbocycles. The van der Waals surface area contributed by atoms with Crippen molar-refractivity contribution in [2.45, 2.75) is 58.4 Å². The lowest BCUT2D eigenvalue weighted by atomic mass is 9.76. The van der Waals surface area contributed by atoms with E-state index in [-0.39, 0.29) is 36.0 Å². The third kappa shape index (κ3) is 7.10. The predicted molar refractivity (Wildman–Crippen MR) is 131 cm³/mol. The summed E-state index contributed by atoms with van der Waals surface area (Å²) in [5, 5.41) is 32.4. The molecule has 35 heavy (non-hydrogen) atoms. The molecule has 10 heteroatoms. The standard InChI is InChI=1S/C25H32BN3O6/c1-25(2,3)13-18(14-27)23(30)29-11-7-6-8-19(29)16-35-24(31)28-22(26(32)33)12-17-15-34-21-10-5-4-9-20(17)21/h4-5,9-10,13,15,19,22,32-33H,6-8,11-12,16H2,1-3H3,(H,28,31)/t19-,22+/m1/s1. The second-order valence-electron chi connectivity index (χ2n) is 9.91. The van der Waals surface area contributed by atoms with E-state index in [9.17, 15) is 24.9 Å². The summed E-state index contributed by atoms with van der Waals surface area (Å²) >= 11 is 0. The van der Waals surface area contributed by atoms with Crippen molar-refractivity contribution in [1.82, 2.24) is 10.2 Å². The quantitative estimate of drug-likeness (QED) is 0.314. The van der Waals surface area contributed by atoms with Gasteiger partial charge in [-0.05, 0) is 42.7 Å². The van der Waals surface area contributed by atoms with E-state index in [1.54, 1.807) is 17.0 Å². The summed E-state index contributed by atoms with van der Waals surface area (Å²) in [5.74, 6) is -1.39. The van der Waals surface area contributed by atoms with E-state index in [0.29, 0.717) is 18.5 Å². The number of hydrogen-bond acceptors (Lipinski definition) is 7. The van der Waals surface area contributed by atoms with Crippen molar-refractivity contribution in [2.75, 3.05) is 13.2 Å². The Morgan fingerprint density at radius 3 is 2.77 bits per heavy atom. The number of amides is 2. The fourth-order valence-corrected chi connectivity index (χ4v) is 4.19. The lowest BCUT2D eigenvalue weighted by Crippen LogP contribution is -2.50. The second-order valence-corrected chi connectivity index (χ2v) is 9.91. The van der Waals surface area contributed by atoms with E-state index in [0.717, 1.165) is 23.8 Å². The van der Waals surface area contributed by atoms with Gasteiger partial charge in [0.25, 0.3) is 5.91 Å². The van der Waals surface area contributed by atoms with Crippen LogP contribution in [0, 0.1) is 16.7 Å². The van der Waals surface area contributed by atoms with Crippen molar-refractivity contribution in [3.8, 4) is 6.07 Å². The van der Waals surface area contributed by atoms with Crippen LogP contribution in [0.4, 0.5) is 4.79 Å². The van der Waals surface area contributed by atoms with E-state index in [4.69, 9.17) is 9.15 Å². The molecule has 186 valence electrons. The highest BCUT2D eigenvalue weighted by atomic mass is 16.5. The van der Waals surface area contributed by atoms with Crippen LogP contribution < -0.4 is 5.32 Å². The van der Waals surface area contributed by atoms with Gasteiger partial charge in [-0.2, -0.15) is 5.26 Å². The fraction of sp³-hybridized carbons (Fsp3) is 0.480. The third-order valence-electron chi connectivity index (χ3n) is 5.89. The molecule has 0 unspecified atom stereocenters. The van der Waals surface area contributed by atoms with Gasteiger partial charge in [-0.1, -0.05) is 45.0 Å². The first kappa shape index (κ1) is 26.3. The van der Waals surface area contributed by atoms with Crippen molar-refractivity contribution in [2.24, 2.45) is 5.41 Å². The Morgan fingerprint density at radius 2 is 2.09 bits per heavy atom. The third-order valence-corrected chi connectivity index (χ3v) is 5.89. The van der Waals surface area contributed by atoms with Gasteiger partial charge < -0.3 is 29.4 Å². The molecule has 1 fully saturated rings. The van der Waals surface area contributed by atoms with Gasteiger partial charge in [0.2, 0.25) is 0 Å². The van der Waals surface area contributed by atoms with E-state index in [1.807, 2.05) is 45.0 Å². The molecule has 9 nitrogen and oxygen atoms in total. The molecule has 0 bridgehead atoms. The molecule has 1 aromatic heterocycles. The number of nitrogens with zero attached hydrogens (tertiary/aromatic N) is 2. The van der Waals surface area contributed by atoms with Crippen molar-refractivity contribution in [3.63, 3.8) is 0 Å². The molecule has 2 heterocycles. The topological polar surface area (TPSA) is 136 Å². The SMILES string of the molecule is CC(C)(C)C=C(C#N)C(=O)N1CCCC[C@@H]1COC(=O)N[C@@H](Cc1coc2ccccc12)B(O)O. The zero-order valence-corrected chi connectivity index (χ0v) is 20.4. The van der Waals surface area contributed by atoms with Crippen LogP contribution in [0.2, 0.25) is 0 Å².